The lowest BCUT2D eigenvalue weighted by atomic mass is 9.84. The van der Waals surface area contributed by atoms with Gasteiger partial charge in [-0.25, -0.2) is 0 Å². The molecule has 38 heavy (non-hydrogen) atoms. The van der Waals surface area contributed by atoms with Gasteiger partial charge in [0, 0.05) is 18.6 Å². The van der Waals surface area contributed by atoms with Crippen molar-refractivity contribution in [1.29, 1.82) is 0 Å². The van der Waals surface area contributed by atoms with Gasteiger partial charge < -0.3 is 4.74 Å². The molecule has 0 aromatic heterocycles. The first-order chi connectivity index (χ1) is 18.3. The lowest BCUT2D eigenvalue weighted by Gasteiger charge is -2.41. The Labute approximate surface area is 228 Å². The second-order valence-electron chi connectivity index (χ2n) is 10.9. The summed E-state index contributed by atoms with van der Waals surface area (Å²) in [7, 11) is 0. The molecule has 0 spiro atoms. The summed E-state index contributed by atoms with van der Waals surface area (Å²) in [5.41, 5.74) is 4.07. The quantitative estimate of drug-likeness (QED) is 0.204. The molecule has 3 heteroatoms. The van der Waals surface area contributed by atoms with Gasteiger partial charge in [-0.2, -0.15) is 0 Å². The molecule has 0 fully saturated rings. The summed E-state index contributed by atoms with van der Waals surface area (Å²) >= 11 is 0. The molecule has 0 radical (unpaired) electrons. The van der Waals surface area contributed by atoms with Crippen LogP contribution in [0.4, 0.5) is 0 Å². The highest BCUT2D eigenvalue weighted by molar-refractivity contribution is 5.74. The molecular formula is C35H39NO2. The Bertz CT molecular complexity index is 1250. The Morgan fingerprint density at radius 2 is 1.13 bits per heavy atom. The third kappa shape index (κ3) is 7.43. The summed E-state index contributed by atoms with van der Waals surface area (Å²) in [6, 6.07) is 41.6. The highest BCUT2D eigenvalue weighted by Gasteiger charge is 2.39. The molecule has 4 aromatic carbocycles. The summed E-state index contributed by atoms with van der Waals surface area (Å²) in [4.78, 5) is 16.5. The van der Waals surface area contributed by atoms with Crippen LogP contribution in [0.15, 0.2) is 121 Å². The van der Waals surface area contributed by atoms with Crippen LogP contribution in [0.3, 0.4) is 0 Å². The Morgan fingerprint density at radius 1 is 0.684 bits per heavy atom. The molecule has 4 rings (SSSR count). The van der Waals surface area contributed by atoms with Crippen molar-refractivity contribution in [1.82, 2.24) is 4.90 Å². The third-order valence-corrected chi connectivity index (χ3v) is 6.87. The molecule has 0 amide bonds. The van der Waals surface area contributed by atoms with Crippen LogP contribution >= 0.6 is 0 Å². The molecule has 0 saturated heterocycles. The van der Waals surface area contributed by atoms with Crippen LogP contribution in [-0.2, 0) is 22.5 Å². The van der Waals surface area contributed by atoms with E-state index < -0.39 is 11.5 Å². The van der Waals surface area contributed by atoms with Gasteiger partial charge in [-0.3, -0.25) is 9.69 Å². The number of hydrogen-bond acceptors (Lipinski definition) is 3. The zero-order valence-corrected chi connectivity index (χ0v) is 23.0. The van der Waals surface area contributed by atoms with Crippen LogP contribution in [0, 0.1) is 5.92 Å². The highest BCUT2D eigenvalue weighted by atomic mass is 16.6. The van der Waals surface area contributed by atoms with E-state index in [1.807, 2.05) is 57.2 Å². The largest absolute Gasteiger partial charge is 0.460 e. The van der Waals surface area contributed by atoms with Crippen LogP contribution in [0.25, 0.3) is 0 Å². The third-order valence-electron chi connectivity index (χ3n) is 6.87. The average Bonchev–Trinajstić information content (AvgIpc) is 2.93. The Balaban J connectivity index is 1.86. The molecule has 0 unspecified atom stereocenters. The van der Waals surface area contributed by atoms with E-state index in [1.165, 1.54) is 11.1 Å². The number of esters is 1. The van der Waals surface area contributed by atoms with Crippen LogP contribution < -0.4 is 0 Å². The van der Waals surface area contributed by atoms with Gasteiger partial charge in [0.05, 0.1) is 5.92 Å². The smallest absolute Gasteiger partial charge is 0.311 e. The van der Waals surface area contributed by atoms with E-state index in [0.29, 0.717) is 13.0 Å². The molecule has 0 bridgehead atoms. The first-order valence-electron chi connectivity index (χ1n) is 13.5. The second-order valence-corrected chi connectivity index (χ2v) is 10.9. The summed E-state index contributed by atoms with van der Waals surface area (Å²) in [5, 5.41) is 0. The summed E-state index contributed by atoms with van der Waals surface area (Å²) in [6.45, 7) is 8.76. The minimum atomic E-state index is -0.581. The zero-order valence-electron chi connectivity index (χ0n) is 23.0. The minimum absolute atomic E-state index is 0.0577. The molecule has 0 heterocycles. The predicted molar refractivity (Wildman–Crippen MR) is 156 cm³/mol. The number of nitrogens with zero attached hydrogens (tertiary/aromatic N) is 1. The molecule has 196 valence electrons. The number of benzene rings is 4. The van der Waals surface area contributed by atoms with Crippen LogP contribution in [0.1, 0.15) is 62.0 Å². The molecule has 3 atom stereocenters. The lowest BCUT2D eigenvalue weighted by molar-refractivity contribution is -0.163. The van der Waals surface area contributed by atoms with Crippen molar-refractivity contribution < 1.29 is 9.53 Å². The Morgan fingerprint density at radius 3 is 1.63 bits per heavy atom. The van der Waals surface area contributed by atoms with E-state index in [2.05, 4.69) is 96.8 Å². The van der Waals surface area contributed by atoms with Gasteiger partial charge >= 0.3 is 5.97 Å². The summed E-state index contributed by atoms with van der Waals surface area (Å²) < 4.78 is 6.09. The maximum absolute atomic E-state index is 14.0. The fourth-order valence-electron chi connectivity index (χ4n) is 5.07. The fraction of sp³-hybridized carbons (Fsp3) is 0.286. The fourth-order valence-corrected chi connectivity index (χ4v) is 5.07. The average molecular weight is 506 g/mol. The van der Waals surface area contributed by atoms with Crippen molar-refractivity contribution in [2.45, 2.75) is 58.3 Å². The number of ether oxygens (including phenoxy) is 1. The van der Waals surface area contributed by atoms with Gasteiger partial charge in [-0.15, -0.1) is 0 Å². The molecule has 0 aliphatic carbocycles. The van der Waals surface area contributed by atoms with E-state index in [4.69, 9.17) is 4.74 Å². The van der Waals surface area contributed by atoms with Gasteiger partial charge in [0.25, 0.3) is 0 Å². The van der Waals surface area contributed by atoms with Gasteiger partial charge in [-0.05, 0) is 56.4 Å². The number of rotatable bonds is 10. The van der Waals surface area contributed by atoms with Crippen molar-refractivity contribution in [3.63, 3.8) is 0 Å². The minimum Gasteiger partial charge on any atom is -0.460 e. The number of carbonyl (C=O) groups is 1. The van der Waals surface area contributed by atoms with Gasteiger partial charge in [-0.1, -0.05) is 121 Å². The standard InChI is InChI=1S/C35H39NO2/c1-27(30-21-13-7-14-22-30)36(26-29-19-11-6-12-20-29)33(31-23-15-8-16-24-31)32(34(37)38-35(2,3)4)25-28-17-9-5-10-18-28/h5-24,27,32-33H,25-26H2,1-4H3/t27-,32+,33-/m1/s1. The molecule has 3 nitrogen and oxygen atoms in total. The monoisotopic (exact) mass is 505 g/mol. The lowest BCUT2D eigenvalue weighted by Crippen LogP contribution is -2.41. The normalized spacial score (nSPS) is 14.0. The van der Waals surface area contributed by atoms with Gasteiger partial charge in [0.15, 0.2) is 0 Å². The molecule has 4 aromatic rings. The van der Waals surface area contributed by atoms with Crippen molar-refractivity contribution in [2.24, 2.45) is 5.92 Å². The second kappa shape index (κ2) is 12.7. The van der Waals surface area contributed by atoms with Crippen LogP contribution in [0.2, 0.25) is 0 Å². The van der Waals surface area contributed by atoms with E-state index in [1.54, 1.807) is 0 Å². The molecule has 0 aliphatic rings. The van der Waals surface area contributed by atoms with Crippen LogP contribution in [0.5, 0.6) is 0 Å². The molecule has 0 aliphatic heterocycles. The maximum atomic E-state index is 14.0. The Kier molecular flexibility index (Phi) is 9.15. The predicted octanol–water partition coefficient (Wildman–Crippen LogP) is 8.19. The molecule has 0 saturated carbocycles. The SMILES string of the molecule is C[C@H](c1ccccc1)N(Cc1ccccc1)[C@H](c1ccccc1)[C@H](Cc1ccccc1)C(=O)OC(C)(C)C. The Hall–Kier alpha value is -3.69. The van der Waals surface area contributed by atoms with E-state index in [9.17, 15) is 4.79 Å². The molecular weight excluding hydrogens is 466 g/mol. The van der Waals surface area contributed by atoms with Crippen molar-refractivity contribution >= 4 is 5.97 Å². The van der Waals surface area contributed by atoms with Gasteiger partial charge in [0.1, 0.15) is 5.60 Å². The molecule has 0 N–H and O–H groups in total. The maximum Gasteiger partial charge on any atom is 0.311 e. The zero-order chi connectivity index (χ0) is 27.0. The topological polar surface area (TPSA) is 29.5 Å². The summed E-state index contributed by atoms with van der Waals surface area (Å²) in [6.07, 6.45) is 0.585. The van der Waals surface area contributed by atoms with E-state index in [0.717, 1.165) is 11.1 Å². The van der Waals surface area contributed by atoms with E-state index >= 15 is 0 Å². The van der Waals surface area contributed by atoms with Gasteiger partial charge in [0.2, 0.25) is 0 Å². The first-order valence-corrected chi connectivity index (χ1v) is 13.5. The number of carbonyl (C=O) groups excluding carboxylic acids is 1. The van der Waals surface area contributed by atoms with Crippen LogP contribution in [-0.4, -0.2) is 16.5 Å². The summed E-state index contributed by atoms with van der Waals surface area (Å²) in [5.74, 6) is -0.581. The van der Waals surface area contributed by atoms with Crippen molar-refractivity contribution in [3.05, 3.63) is 144 Å². The number of hydrogen-bond donors (Lipinski definition) is 0. The van der Waals surface area contributed by atoms with Crippen molar-refractivity contribution in [2.75, 3.05) is 0 Å². The van der Waals surface area contributed by atoms with Crippen molar-refractivity contribution in [3.8, 4) is 0 Å². The first kappa shape index (κ1) is 27.3. The highest BCUT2D eigenvalue weighted by Crippen LogP contribution is 2.39. The van der Waals surface area contributed by atoms with E-state index in [-0.39, 0.29) is 18.1 Å².